The number of aromatic nitrogens is 8. The second-order valence-corrected chi connectivity index (χ2v) is 31.6. The molecule has 0 unspecified atom stereocenters. The maximum atomic E-state index is 13.0. The van der Waals surface area contributed by atoms with E-state index in [4.69, 9.17) is 9.31 Å². The molecule has 4 aliphatic heterocycles. The number of anilines is 3. The van der Waals surface area contributed by atoms with Gasteiger partial charge in [-0.05, 0) is 174 Å². The quantitative estimate of drug-likeness (QED) is 0.0212. The molecule has 1 saturated heterocycles. The number of halogens is 1. The smallest absolute Gasteiger partial charge is 0.399 e. The van der Waals surface area contributed by atoms with Gasteiger partial charge in [-0.1, -0.05) is 165 Å². The second-order valence-electron chi connectivity index (χ2n) is 27.4. The number of hydrogen-bond acceptors (Lipinski definition) is 19. The molecule has 0 saturated carbocycles. The van der Waals surface area contributed by atoms with Gasteiger partial charge in [0.25, 0.3) is 17.7 Å². The molecule has 0 aliphatic carbocycles. The predicted octanol–water partition coefficient (Wildman–Crippen LogP) is 14.7. The lowest BCUT2D eigenvalue weighted by molar-refractivity contribution is -0.115. The zero-order valence-electron chi connectivity index (χ0n) is 63.6. The van der Waals surface area contributed by atoms with Crippen LogP contribution >= 0.6 is 49.9 Å². The lowest BCUT2D eigenvalue weighted by Crippen LogP contribution is -2.41. The van der Waals surface area contributed by atoms with Crippen LogP contribution in [0, 0.1) is 27.7 Å². The number of aromatic amines is 2. The summed E-state index contributed by atoms with van der Waals surface area (Å²) in [7, 11) is -0.369. The van der Waals surface area contributed by atoms with Crippen LogP contribution in [-0.4, -0.2) is 157 Å². The monoisotopic (exact) mass is 1600 g/mol. The van der Waals surface area contributed by atoms with E-state index >= 15 is 0 Å². The highest BCUT2D eigenvalue weighted by molar-refractivity contribution is 9.11. The molecule has 0 atom stereocenters. The van der Waals surface area contributed by atoms with E-state index < -0.39 is 0 Å². The van der Waals surface area contributed by atoms with E-state index in [9.17, 15) is 28.8 Å². The summed E-state index contributed by atoms with van der Waals surface area (Å²) in [5.41, 5.74) is 16.8. The number of rotatable bonds is 20. The van der Waals surface area contributed by atoms with Crippen LogP contribution in [0.15, 0.2) is 150 Å². The normalized spacial score (nSPS) is 14.3. The molecule has 4 aliphatic rings. The molecule has 23 nitrogen and oxygen atoms in total. The molecule has 28 heteroatoms. The molecular weight excluding hydrogens is 1510 g/mol. The number of likely N-dealkylation sites (N-methyl/N-ethyl adjacent to an activating group) is 2. The lowest BCUT2D eigenvalue weighted by atomic mass is 9.78. The summed E-state index contributed by atoms with van der Waals surface area (Å²) in [6.45, 7) is 30.6. The van der Waals surface area contributed by atoms with E-state index in [1.807, 2.05) is 193 Å². The molecule has 1 fully saturated rings. The van der Waals surface area contributed by atoms with Crippen LogP contribution in [0.4, 0.5) is 17.1 Å². The van der Waals surface area contributed by atoms with Gasteiger partial charge in [-0.25, -0.2) is 0 Å². The Labute approximate surface area is 661 Å². The van der Waals surface area contributed by atoms with Gasteiger partial charge in [0, 0.05) is 93.7 Å². The molecule has 0 spiro atoms. The second kappa shape index (κ2) is 36.5. The van der Waals surface area contributed by atoms with Gasteiger partial charge in [0.2, 0.25) is 11.8 Å². The first-order chi connectivity index (χ1) is 52.9. The van der Waals surface area contributed by atoms with Crippen LogP contribution in [0.2, 0.25) is 0 Å². The van der Waals surface area contributed by atoms with E-state index in [1.165, 1.54) is 22.7 Å². The minimum absolute atomic E-state index is 0.0427. The number of amides is 5. The van der Waals surface area contributed by atoms with E-state index in [1.54, 1.807) is 25.2 Å². The van der Waals surface area contributed by atoms with Gasteiger partial charge in [-0.15, -0.1) is 30.6 Å². The Hall–Kier alpha value is -10.3. The summed E-state index contributed by atoms with van der Waals surface area (Å²) in [4.78, 5) is 82.4. The molecule has 0 radical (unpaired) electrons. The third-order valence-corrected chi connectivity index (χ3v) is 23.1. The van der Waals surface area contributed by atoms with Crippen molar-refractivity contribution >= 4 is 127 Å². The van der Waals surface area contributed by atoms with E-state index in [-0.39, 0.29) is 47.9 Å². The molecule has 5 aromatic heterocycles. The lowest BCUT2D eigenvalue weighted by Gasteiger charge is -2.32. The molecule has 11 aromatic rings. The van der Waals surface area contributed by atoms with E-state index in [0.717, 1.165) is 164 Å². The molecule has 0 bridgehead atoms. The highest BCUT2D eigenvalue weighted by Gasteiger charge is 2.52. The fourth-order valence-electron chi connectivity index (χ4n) is 12.7. The van der Waals surface area contributed by atoms with Gasteiger partial charge in [-0.2, -0.15) is 0 Å². The number of carbonyl (C=O) groups excluding carboxylic acids is 6. The number of benzene rings is 6. The summed E-state index contributed by atoms with van der Waals surface area (Å²) in [5, 5.41) is 44.1. The van der Waals surface area contributed by atoms with Crippen LogP contribution < -0.4 is 32.0 Å². The average Bonchev–Trinajstić information content (AvgIpc) is 1.63. The van der Waals surface area contributed by atoms with Gasteiger partial charge >= 0.3 is 7.12 Å². The van der Waals surface area contributed by atoms with Crippen LogP contribution in [0.25, 0.3) is 64.5 Å². The maximum Gasteiger partial charge on any atom is 0.494 e. The number of fused-ring (bicyclic) bond motifs is 3. The molecule has 9 heterocycles. The average molecular weight is 1600 g/mol. The number of nitrogens with zero attached hydrogens (tertiary/aromatic N) is 8. The van der Waals surface area contributed by atoms with Crippen LogP contribution in [0.1, 0.15) is 131 Å². The Balaban J connectivity index is 0.000000145. The van der Waals surface area contributed by atoms with Gasteiger partial charge in [0.05, 0.1) is 46.4 Å². The Morgan fingerprint density at radius 3 is 1.37 bits per heavy atom. The van der Waals surface area contributed by atoms with Crippen LogP contribution in [0.3, 0.4) is 0 Å². The van der Waals surface area contributed by atoms with Crippen molar-refractivity contribution in [2.75, 3.05) is 68.3 Å². The van der Waals surface area contributed by atoms with Crippen molar-refractivity contribution in [3.05, 3.63) is 211 Å². The summed E-state index contributed by atoms with van der Waals surface area (Å²) in [6, 6.07) is 47.6. The first-order valence-corrected chi connectivity index (χ1v) is 39.7. The molecule has 110 heavy (non-hydrogen) atoms. The largest absolute Gasteiger partial charge is 0.494 e. The predicted molar refractivity (Wildman–Crippen MR) is 444 cm³/mol. The third-order valence-electron chi connectivity index (χ3n) is 19.6. The van der Waals surface area contributed by atoms with Gasteiger partial charge in [-0.3, -0.25) is 28.8 Å². The van der Waals surface area contributed by atoms with Gasteiger partial charge in [0.1, 0.15) is 25.0 Å². The topological polar surface area (TPSA) is 296 Å². The van der Waals surface area contributed by atoms with Crippen molar-refractivity contribution in [1.29, 1.82) is 0 Å². The first kappa shape index (κ1) is 80.7. The Kier molecular flexibility index (Phi) is 26.8. The maximum absolute atomic E-state index is 13.0. The van der Waals surface area contributed by atoms with Crippen molar-refractivity contribution in [1.82, 2.24) is 61.0 Å². The zero-order valence-corrected chi connectivity index (χ0v) is 67.6. The number of nitrogens with one attached hydrogen (secondary N) is 7. The van der Waals surface area contributed by atoms with Crippen molar-refractivity contribution in [2.24, 2.45) is 0 Å². The van der Waals surface area contributed by atoms with Crippen LogP contribution in [0.5, 0.6) is 0 Å². The SMILES string of the molecule is Brc1nnc(-c2ccccc2)s1.CC1(C)OB(c2ccc3c(c2)CC(=O)N3)OC1(C)C.CCN(CC)CCNC(=O)c1c(C)[nH]c(/C=C2\C(=O)Nc3ccc(-c4nnc(-c5ccccc5)s4)cc32)c1C.CCN(CC)CCNC(=O)c1c(C)[nH]c(C=O)c1C.O=C1Cc2cc(-c3nnc(-c4ccccc4)s3)ccc2N1. The van der Waals surface area contributed by atoms with Gasteiger partial charge < -0.3 is 55.7 Å². The first-order valence-electron chi connectivity index (χ1n) is 36.4. The molecule has 6 aromatic carbocycles. The van der Waals surface area contributed by atoms with Crippen molar-refractivity contribution in [3.8, 4) is 52.9 Å². The number of hydrogen-bond donors (Lipinski definition) is 7. The Morgan fingerprint density at radius 2 is 0.927 bits per heavy atom. The molecular formula is C82H89BBrN15O8S3. The number of carbonyl (C=O) groups is 6. The number of H-pyrrole nitrogens is 2. The summed E-state index contributed by atoms with van der Waals surface area (Å²) >= 11 is 7.88. The number of aryl methyl sites for hydroxylation is 2. The molecule has 568 valence electrons. The standard InChI is InChI=1S/C30H32N6O2S.C16H11N3OS.C14H18BNO3.C14H23N3O2.C8H5BrN2S/c1-5-36(6-2)15-14-31-28(38)26-18(3)25(32-19(26)4)17-23-22-16-21(12-13-24(22)33-27(23)37)30-35-34-29(39-30)20-10-8-7-9-11-20;20-14-9-12-8-11(6-7-13(12)17-14)16-19-18-15(21-16)10-4-2-1-3-5-10;1-13(2)14(3,4)19-15(18-13)10-5-6-11-9(7-10)8-12(17)16-11;1-5-17(6-2)8-7-15-14(19)13-10(3)12(9-18)16-11(13)4;9-8-11-10-7(12-8)6-4-2-1-3-5-6/h7-13,16-17,32H,5-6,14-15H2,1-4H3,(H,31,38)(H,33,37);1-8H,9H2,(H,17,20);5-7H,8H2,1-4H3,(H,16,17);9,16H,5-8H2,1-4H3,(H,15,19);1-5H/b23-17-;;;;. The summed E-state index contributed by atoms with van der Waals surface area (Å²) < 4.78 is 12.8. The fourth-order valence-corrected chi connectivity index (χ4v) is 15.5. The van der Waals surface area contributed by atoms with Crippen molar-refractivity contribution in [3.63, 3.8) is 0 Å². The van der Waals surface area contributed by atoms with Crippen molar-refractivity contribution in [2.45, 2.75) is 107 Å². The van der Waals surface area contributed by atoms with E-state index in [0.29, 0.717) is 53.9 Å². The van der Waals surface area contributed by atoms with Crippen LogP contribution in [-0.2, 0) is 36.5 Å². The Bertz CT molecular complexity index is 5130. The van der Waals surface area contributed by atoms with E-state index in [2.05, 4.69) is 121 Å². The third kappa shape index (κ3) is 19.5. The summed E-state index contributed by atoms with van der Waals surface area (Å²) in [5.74, 6) is -0.319. The minimum atomic E-state index is -0.369. The molecule has 5 amide bonds. The van der Waals surface area contributed by atoms with Gasteiger partial charge in [0.15, 0.2) is 10.2 Å². The highest BCUT2D eigenvalue weighted by Crippen LogP contribution is 2.41. The van der Waals surface area contributed by atoms with Crippen molar-refractivity contribution < 1.29 is 38.1 Å². The highest BCUT2D eigenvalue weighted by atomic mass is 79.9. The minimum Gasteiger partial charge on any atom is -0.399 e. The Morgan fingerprint density at radius 1 is 0.518 bits per heavy atom. The molecule has 15 rings (SSSR count). The summed E-state index contributed by atoms with van der Waals surface area (Å²) in [6.07, 6.45) is 3.45. The molecule has 7 N–H and O–H groups in total. The number of aldehydes is 1. The zero-order chi connectivity index (χ0) is 78.4. The fraction of sp³-hybridized carbons (Fsp3) is 0.293.